The van der Waals surface area contributed by atoms with Crippen LogP contribution >= 0.6 is 12.2 Å². The van der Waals surface area contributed by atoms with E-state index in [9.17, 15) is 0 Å². The fraction of sp³-hybridized carbons (Fsp3) is 0.316. The van der Waals surface area contributed by atoms with Crippen LogP contribution in [0.3, 0.4) is 0 Å². The number of unbranched alkanes of at least 4 members (excludes halogenated alkanes) is 1. The number of aryl methyl sites for hydroxylation is 1. The molecule has 0 unspecified atom stereocenters. The van der Waals surface area contributed by atoms with E-state index in [4.69, 9.17) is 12.2 Å². The van der Waals surface area contributed by atoms with E-state index >= 15 is 0 Å². The van der Waals surface area contributed by atoms with E-state index in [2.05, 4.69) is 72.6 Å². The molecule has 116 valence electrons. The van der Waals surface area contributed by atoms with E-state index < -0.39 is 0 Å². The van der Waals surface area contributed by atoms with Gasteiger partial charge in [0.2, 0.25) is 0 Å². The zero-order valence-corrected chi connectivity index (χ0v) is 14.2. The van der Waals surface area contributed by atoms with Crippen molar-refractivity contribution in [1.82, 2.24) is 4.90 Å². The molecule has 0 saturated carbocycles. The van der Waals surface area contributed by atoms with E-state index in [0.717, 1.165) is 30.3 Å². The van der Waals surface area contributed by atoms with Crippen LogP contribution in [0.1, 0.15) is 30.9 Å². The largest absolute Gasteiger partial charge is 0.345 e. The molecule has 2 aromatic rings. The van der Waals surface area contributed by atoms with Crippen molar-refractivity contribution in [2.24, 2.45) is 0 Å². The lowest BCUT2D eigenvalue weighted by atomic mass is 10.2. The van der Waals surface area contributed by atoms with Crippen molar-refractivity contribution in [3.05, 3.63) is 65.7 Å². The highest BCUT2D eigenvalue weighted by Crippen LogP contribution is 2.12. The Bertz CT molecular complexity index is 578. The summed E-state index contributed by atoms with van der Waals surface area (Å²) in [6.45, 7) is 6.11. The summed E-state index contributed by atoms with van der Waals surface area (Å²) in [6.07, 6.45) is 2.31. The SMILES string of the molecule is CCCCN(Cc1ccccc1)C(=S)Nc1ccc(C)cc1. The van der Waals surface area contributed by atoms with E-state index in [-0.39, 0.29) is 0 Å². The first-order valence-corrected chi connectivity index (χ1v) is 8.26. The number of thiocarbonyl (C=S) groups is 1. The molecule has 2 aromatic carbocycles. The number of rotatable bonds is 6. The Balaban J connectivity index is 2.03. The summed E-state index contributed by atoms with van der Waals surface area (Å²) in [7, 11) is 0. The molecular formula is C19H24N2S. The Morgan fingerprint density at radius 3 is 2.36 bits per heavy atom. The second-order valence-corrected chi connectivity index (χ2v) is 5.94. The standard InChI is InChI=1S/C19H24N2S/c1-3-4-14-21(15-17-8-6-5-7-9-17)19(22)20-18-12-10-16(2)11-13-18/h5-13H,3-4,14-15H2,1-2H3,(H,20,22). The quantitative estimate of drug-likeness (QED) is 0.756. The molecular weight excluding hydrogens is 288 g/mol. The molecule has 1 N–H and O–H groups in total. The summed E-state index contributed by atoms with van der Waals surface area (Å²) in [5.41, 5.74) is 3.58. The van der Waals surface area contributed by atoms with Crippen LogP contribution in [0.2, 0.25) is 0 Å². The summed E-state index contributed by atoms with van der Waals surface area (Å²) in [4.78, 5) is 2.24. The number of nitrogens with one attached hydrogen (secondary N) is 1. The minimum atomic E-state index is 0.793. The van der Waals surface area contributed by atoms with Gasteiger partial charge >= 0.3 is 0 Å². The van der Waals surface area contributed by atoms with Gasteiger partial charge in [-0.25, -0.2) is 0 Å². The van der Waals surface area contributed by atoms with Crippen molar-refractivity contribution in [3.63, 3.8) is 0 Å². The van der Waals surface area contributed by atoms with Gasteiger partial charge in [0.05, 0.1) is 0 Å². The number of anilines is 1. The third kappa shape index (κ3) is 5.15. The van der Waals surface area contributed by atoms with Crippen LogP contribution in [0, 0.1) is 6.92 Å². The molecule has 0 atom stereocenters. The Kier molecular flexibility index (Phi) is 6.41. The van der Waals surface area contributed by atoms with Gasteiger partial charge in [-0.15, -0.1) is 0 Å². The number of hydrogen-bond donors (Lipinski definition) is 1. The molecule has 0 bridgehead atoms. The van der Waals surface area contributed by atoms with Crippen LogP contribution in [-0.4, -0.2) is 16.6 Å². The topological polar surface area (TPSA) is 15.3 Å². The van der Waals surface area contributed by atoms with Gasteiger partial charge in [-0.2, -0.15) is 0 Å². The Labute approximate surface area is 139 Å². The highest BCUT2D eigenvalue weighted by Gasteiger charge is 2.10. The molecule has 0 radical (unpaired) electrons. The maximum absolute atomic E-state index is 5.62. The summed E-state index contributed by atoms with van der Waals surface area (Å²) < 4.78 is 0. The second kappa shape index (κ2) is 8.54. The first-order chi connectivity index (χ1) is 10.7. The molecule has 0 fully saturated rings. The number of hydrogen-bond acceptors (Lipinski definition) is 1. The number of benzene rings is 2. The summed E-state index contributed by atoms with van der Waals surface area (Å²) in [5.74, 6) is 0. The fourth-order valence-electron chi connectivity index (χ4n) is 2.24. The van der Waals surface area contributed by atoms with Gasteiger partial charge in [-0.1, -0.05) is 61.4 Å². The van der Waals surface area contributed by atoms with Gasteiger partial charge in [0.1, 0.15) is 0 Å². The van der Waals surface area contributed by atoms with Crippen molar-refractivity contribution >= 4 is 23.0 Å². The second-order valence-electron chi connectivity index (χ2n) is 5.56. The third-order valence-corrected chi connectivity index (χ3v) is 3.95. The minimum absolute atomic E-state index is 0.793. The molecule has 0 saturated heterocycles. The lowest BCUT2D eigenvalue weighted by Crippen LogP contribution is -2.35. The van der Waals surface area contributed by atoms with Crippen LogP contribution < -0.4 is 5.32 Å². The van der Waals surface area contributed by atoms with Crippen molar-refractivity contribution in [2.45, 2.75) is 33.2 Å². The van der Waals surface area contributed by atoms with Gasteiger partial charge in [0.15, 0.2) is 5.11 Å². The summed E-state index contributed by atoms with van der Waals surface area (Å²) >= 11 is 5.62. The molecule has 0 aromatic heterocycles. The van der Waals surface area contributed by atoms with E-state index in [0.29, 0.717) is 0 Å². The monoisotopic (exact) mass is 312 g/mol. The van der Waals surface area contributed by atoms with Crippen molar-refractivity contribution in [1.29, 1.82) is 0 Å². The summed E-state index contributed by atoms with van der Waals surface area (Å²) in [5, 5.41) is 4.15. The summed E-state index contributed by atoms with van der Waals surface area (Å²) in [6, 6.07) is 18.8. The van der Waals surface area contributed by atoms with Crippen LogP contribution in [0.4, 0.5) is 5.69 Å². The smallest absolute Gasteiger partial charge is 0.173 e. The Morgan fingerprint density at radius 2 is 1.73 bits per heavy atom. The van der Waals surface area contributed by atoms with Gasteiger partial charge < -0.3 is 10.2 Å². The van der Waals surface area contributed by atoms with Crippen molar-refractivity contribution in [2.75, 3.05) is 11.9 Å². The van der Waals surface area contributed by atoms with Crippen LogP contribution in [0.15, 0.2) is 54.6 Å². The number of nitrogens with zero attached hydrogens (tertiary/aromatic N) is 1. The minimum Gasteiger partial charge on any atom is -0.345 e. The zero-order chi connectivity index (χ0) is 15.8. The normalized spacial score (nSPS) is 10.3. The molecule has 0 aliphatic heterocycles. The van der Waals surface area contributed by atoms with E-state index in [1.54, 1.807) is 0 Å². The highest BCUT2D eigenvalue weighted by atomic mass is 32.1. The van der Waals surface area contributed by atoms with Crippen LogP contribution in [-0.2, 0) is 6.54 Å². The molecule has 0 spiro atoms. The average molecular weight is 312 g/mol. The fourth-order valence-corrected chi connectivity index (χ4v) is 2.52. The van der Waals surface area contributed by atoms with Gasteiger partial charge in [0, 0.05) is 18.8 Å². The molecule has 2 nitrogen and oxygen atoms in total. The lowest BCUT2D eigenvalue weighted by molar-refractivity contribution is 0.408. The first-order valence-electron chi connectivity index (χ1n) is 7.85. The Hall–Kier alpha value is -1.87. The Morgan fingerprint density at radius 1 is 1.05 bits per heavy atom. The predicted octanol–water partition coefficient (Wildman–Crippen LogP) is 4.99. The molecule has 22 heavy (non-hydrogen) atoms. The van der Waals surface area contributed by atoms with E-state index in [1.165, 1.54) is 17.5 Å². The van der Waals surface area contributed by atoms with E-state index in [1.807, 2.05) is 6.07 Å². The highest BCUT2D eigenvalue weighted by molar-refractivity contribution is 7.80. The van der Waals surface area contributed by atoms with Gasteiger partial charge in [-0.3, -0.25) is 0 Å². The van der Waals surface area contributed by atoms with Crippen LogP contribution in [0.5, 0.6) is 0 Å². The van der Waals surface area contributed by atoms with Gasteiger partial charge in [0.25, 0.3) is 0 Å². The molecule has 0 aliphatic carbocycles. The van der Waals surface area contributed by atoms with Crippen molar-refractivity contribution < 1.29 is 0 Å². The molecule has 2 rings (SSSR count). The zero-order valence-electron chi connectivity index (χ0n) is 13.4. The molecule has 0 aliphatic rings. The van der Waals surface area contributed by atoms with Crippen LogP contribution in [0.25, 0.3) is 0 Å². The maximum atomic E-state index is 5.62. The molecule has 3 heteroatoms. The van der Waals surface area contributed by atoms with Crippen molar-refractivity contribution in [3.8, 4) is 0 Å². The predicted molar refractivity (Wildman–Crippen MR) is 99.2 cm³/mol. The first kappa shape index (κ1) is 16.5. The van der Waals surface area contributed by atoms with Gasteiger partial charge in [-0.05, 0) is 43.3 Å². The molecule has 0 heterocycles. The molecule has 0 amide bonds. The maximum Gasteiger partial charge on any atom is 0.173 e. The lowest BCUT2D eigenvalue weighted by Gasteiger charge is -2.26. The third-order valence-electron chi connectivity index (χ3n) is 3.59. The average Bonchev–Trinajstić information content (AvgIpc) is 2.54.